The van der Waals surface area contributed by atoms with Crippen LogP contribution in [0.4, 0.5) is 0 Å². The van der Waals surface area contributed by atoms with E-state index in [4.69, 9.17) is 0 Å². The molecule has 1 unspecified atom stereocenters. The van der Waals surface area contributed by atoms with Gasteiger partial charge in [-0.2, -0.15) is 5.10 Å². The van der Waals surface area contributed by atoms with Crippen molar-refractivity contribution in [3.8, 4) is 0 Å². The fourth-order valence-corrected chi connectivity index (χ4v) is 4.96. The number of nitrogens with zero attached hydrogens (tertiary/aromatic N) is 3. The summed E-state index contributed by atoms with van der Waals surface area (Å²) in [5, 5.41) is 25.7. The first-order valence-electron chi connectivity index (χ1n) is 6.65. The molecule has 118 valence electrons. The van der Waals surface area contributed by atoms with Crippen LogP contribution in [-0.4, -0.2) is 64.7 Å². The number of aromatic amines is 1. The molecule has 22 heavy (non-hydrogen) atoms. The molecule has 2 aliphatic heterocycles. The van der Waals surface area contributed by atoms with Gasteiger partial charge < -0.3 is 10.2 Å². The van der Waals surface area contributed by atoms with Gasteiger partial charge in [-0.3, -0.25) is 14.8 Å². The predicted molar refractivity (Wildman–Crippen MR) is 80.1 cm³/mol. The number of carboxylic acids is 1. The molecule has 1 amide bonds. The summed E-state index contributed by atoms with van der Waals surface area (Å²) in [6, 6.07) is 0. The molecule has 3 heterocycles. The lowest BCUT2D eigenvalue weighted by atomic mass is 10.0. The Kier molecular flexibility index (Phi) is 4.15. The monoisotopic (exact) mass is 342 g/mol. The molecule has 10 heteroatoms. The number of aromatic nitrogens is 3. The molecule has 3 rings (SSSR count). The van der Waals surface area contributed by atoms with E-state index in [-0.39, 0.29) is 10.9 Å². The Labute approximate surface area is 134 Å². The van der Waals surface area contributed by atoms with Crippen molar-refractivity contribution in [2.45, 2.75) is 35.2 Å². The largest absolute Gasteiger partial charge is 0.477 e. The van der Waals surface area contributed by atoms with Gasteiger partial charge in [-0.15, -0.1) is 11.8 Å². The number of H-pyrrole nitrogens is 1. The summed E-state index contributed by atoms with van der Waals surface area (Å²) < 4.78 is 0. The second-order valence-electron chi connectivity index (χ2n) is 4.84. The molecular weight excluding hydrogens is 328 g/mol. The number of carbonyl (C=O) groups is 2. The summed E-state index contributed by atoms with van der Waals surface area (Å²) in [4.78, 5) is 28.7. The summed E-state index contributed by atoms with van der Waals surface area (Å²) in [5.41, 5.74) is 0.677. The molecule has 0 aromatic carbocycles. The van der Waals surface area contributed by atoms with Crippen molar-refractivity contribution in [1.82, 2.24) is 20.1 Å². The molecule has 3 N–H and O–H groups in total. The van der Waals surface area contributed by atoms with Crippen molar-refractivity contribution in [3.05, 3.63) is 17.6 Å². The van der Waals surface area contributed by atoms with Crippen LogP contribution in [0.25, 0.3) is 0 Å². The quantitative estimate of drug-likeness (QED) is 0.516. The fourth-order valence-electron chi connectivity index (χ4n) is 2.52. The maximum atomic E-state index is 11.8. The first-order valence-corrected chi connectivity index (χ1v) is 8.58. The van der Waals surface area contributed by atoms with Crippen LogP contribution in [-0.2, 0) is 9.59 Å². The minimum atomic E-state index is -1.14. The van der Waals surface area contributed by atoms with Gasteiger partial charge >= 0.3 is 5.97 Å². The van der Waals surface area contributed by atoms with Crippen molar-refractivity contribution >= 4 is 35.4 Å². The van der Waals surface area contributed by atoms with E-state index in [0.29, 0.717) is 22.9 Å². The van der Waals surface area contributed by atoms with Gasteiger partial charge in [0.25, 0.3) is 5.91 Å². The van der Waals surface area contributed by atoms with Gasteiger partial charge in [-0.05, 0) is 12.0 Å². The summed E-state index contributed by atoms with van der Waals surface area (Å²) in [6.07, 6.45) is 0.971. The lowest BCUT2D eigenvalue weighted by molar-refractivity contribution is -0.159. The molecule has 0 bridgehead atoms. The maximum Gasteiger partial charge on any atom is 0.352 e. The number of aliphatic hydroxyl groups is 1. The lowest BCUT2D eigenvalue weighted by Crippen LogP contribution is -2.65. The number of carboxylic acid groups (broad SMARTS) is 1. The van der Waals surface area contributed by atoms with Gasteiger partial charge in [0.2, 0.25) is 0 Å². The van der Waals surface area contributed by atoms with Crippen LogP contribution in [0.15, 0.2) is 22.8 Å². The third-order valence-corrected chi connectivity index (χ3v) is 6.19. The third kappa shape index (κ3) is 2.40. The average Bonchev–Trinajstić information content (AvgIpc) is 3.03. The SMILES string of the molecule is CCC(Sc1ncn[nH]1)C1=C(C(=O)O)N2C(=O)[C@@H](O)[C@@H]2SC1. The van der Waals surface area contributed by atoms with E-state index in [2.05, 4.69) is 15.2 Å². The molecular formula is C12H14N4O4S2. The normalized spacial score (nSPS) is 25.7. The Morgan fingerprint density at radius 3 is 3.05 bits per heavy atom. The van der Waals surface area contributed by atoms with Crippen molar-refractivity contribution in [2.75, 3.05) is 5.75 Å². The Bertz CT molecular complexity index is 633. The first-order chi connectivity index (χ1) is 10.5. The topological polar surface area (TPSA) is 119 Å². The van der Waals surface area contributed by atoms with Gasteiger partial charge in [0.05, 0.1) is 0 Å². The molecule has 1 fully saturated rings. The fraction of sp³-hybridized carbons (Fsp3) is 0.500. The van der Waals surface area contributed by atoms with E-state index < -0.39 is 23.4 Å². The van der Waals surface area contributed by atoms with Crippen LogP contribution in [0.3, 0.4) is 0 Å². The molecule has 3 atom stereocenters. The van der Waals surface area contributed by atoms with E-state index in [1.165, 1.54) is 34.8 Å². The summed E-state index contributed by atoms with van der Waals surface area (Å²) in [7, 11) is 0. The molecule has 0 aliphatic carbocycles. The molecule has 0 saturated carbocycles. The number of rotatable bonds is 5. The van der Waals surface area contributed by atoms with E-state index >= 15 is 0 Å². The molecule has 1 aromatic heterocycles. The number of nitrogens with one attached hydrogen (secondary N) is 1. The van der Waals surface area contributed by atoms with Gasteiger partial charge in [0.15, 0.2) is 11.3 Å². The molecule has 0 radical (unpaired) electrons. The number of hydrogen-bond acceptors (Lipinski definition) is 7. The highest BCUT2D eigenvalue weighted by Gasteiger charge is 2.53. The summed E-state index contributed by atoms with van der Waals surface area (Å²) in [6.45, 7) is 1.95. The van der Waals surface area contributed by atoms with Crippen LogP contribution >= 0.6 is 23.5 Å². The van der Waals surface area contributed by atoms with Crippen LogP contribution in [0.5, 0.6) is 0 Å². The average molecular weight is 342 g/mol. The van der Waals surface area contributed by atoms with Gasteiger partial charge in [0, 0.05) is 11.0 Å². The highest BCUT2D eigenvalue weighted by atomic mass is 32.2. The van der Waals surface area contributed by atoms with E-state index in [1.807, 2.05) is 6.92 Å². The number of amides is 1. The number of aliphatic carboxylic acids is 1. The zero-order valence-corrected chi connectivity index (χ0v) is 13.2. The Morgan fingerprint density at radius 1 is 1.68 bits per heavy atom. The van der Waals surface area contributed by atoms with Crippen molar-refractivity contribution in [3.63, 3.8) is 0 Å². The van der Waals surface area contributed by atoms with Crippen molar-refractivity contribution in [2.24, 2.45) is 0 Å². The van der Waals surface area contributed by atoms with Gasteiger partial charge in [-0.25, -0.2) is 9.78 Å². The van der Waals surface area contributed by atoms with Crippen LogP contribution in [0.2, 0.25) is 0 Å². The predicted octanol–water partition coefficient (Wildman–Crippen LogP) is 0.290. The number of thioether (sulfide) groups is 2. The molecule has 8 nitrogen and oxygen atoms in total. The minimum Gasteiger partial charge on any atom is -0.477 e. The van der Waals surface area contributed by atoms with Gasteiger partial charge in [0.1, 0.15) is 17.4 Å². The third-order valence-electron chi connectivity index (χ3n) is 3.58. The van der Waals surface area contributed by atoms with Gasteiger partial charge in [-0.1, -0.05) is 18.7 Å². The summed E-state index contributed by atoms with van der Waals surface area (Å²) >= 11 is 2.77. The zero-order chi connectivity index (χ0) is 15.9. The number of hydrogen-bond donors (Lipinski definition) is 3. The first kappa shape index (κ1) is 15.4. The second-order valence-corrected chi connectivity index (χ2v) is 7.14. The van der Waals surface area contributed by atoms with Crippen LogP contribution in [0, 0.1) is 0 Å². The van der Waals surface area contributed by atoms with Crippen LogP contribution < -0.4 is 0 Å². The number of aliphatic hydroxyl groups excluding tert-OH is 1. The number of β-lactam (4-membered cyclic amide) rings is 1. The smallest absolute Gasteiger partial charge is 0.352 e. The van der Waals surface area contributed by atoms with E-state index in [1.54, 1.807) is 0 Å². The highest BCUT2D eigenvalue weighted by Crippen LogP contribution is 2.43. The Balaban J connectivity index is 1.94. The number of fused-ring (bicyclic) bond motifs is 1. The molecule has 0 spiro atoms. The maximum absolute atomic E-state index is 11.8. The summed E-state index contributed by atoms with van der Waals surface area (Å²) in [5.74, 6) is -1.23. The van der Waals surface area contributed by atoms with Crippen molar-refractivity contribution < 1.29 is 19.8 Å². The molecule has 1 aromatic rings. The lowest BCUT2D eigenvalue weighted by Gasteiger charge is -2.47. The van der Waals surface area contributed by atoms with E-state index in [0.717, 1.165) is 0 Å². The highest BCUT2D eigenvalue weighted by molar-refractivity contribution is 8.01. The molecule has 1 saturated heterocycles. The van der Waals surface area contributed by atoms with Crippen molar-refractivity contribution in [1.29, 1.82) is 0 Å². The molecule has 2 aliphatic rings. The van der Waals surface area contributed by atoms with E-state index in [9.17, 15) is 19.8 Å². The minimum absolute atomic E-state index is 0.00193. The Morgan fingerprint density at radius 2 is 2.45 bits per heavy atom. The van der Waals surface area contributed by atoms with Crippen LogP contribution in [0.1, 0.15) is 13.3 Å². The standard InChI is InChI=1S/C12H14N4O4S2/c1-2-6(22-12-13-4-14-15-12)5-3-21-10-8(17)9(18)16(10)7(5)11(19)20/h4,6,8,10,17H,2-3H2,1H3,(H,19,20)(H,13,14,15)/t6?,8-,10+/m1/s1. The second kappa shape index (κ2) is 5.94. The Hall–Kier alpha value is -1.52. The number of carbonyl (C=O) groups excluding carboxylic acids is 1. The zero-order valence-electron chi connectivity index (χ0n) is 11.6.